The Bertz CT molecular complexity index is 760. The van der Waals surface area contributed by atoms with Gasteiger partial charge >= 0.3 is 6.03 Å². The van der Waals surface area contributed by atoms with E-state index in [4.69, 9.17) is 4.74 Å². The average molecular weight is 389 g/mol. The minimum Gasteiger partial charge on any atom is -0.385 e. The number of rotatable bonds is 7. The van der Waals surface area contributed by atoms with E-state index in [0.717, 1.165) is 54.9 Å². The number of hydrogen-bond acceptors (Lipinski definition) is 4. The molecule has 1 aromatic rings. The van der Waals surface area contributed by atoms with Crippen LogP contribution < -0.4 is 5.32 Å². The van der Waals surface area contributed by atoms with Crippen molar-refractivity contribution in [2.24, 2.45) is 0 Å². The summed E-state index contributed by atoms with van der Waals surface area (Å²) in [5.74, 6) is -0.429. The van der Waals surface area contributed by atoms with Crippen LogP contribution in [0.25, 0.3) is 0 Å². The second-order valence-electron chi connectivity index (χ2n) is 8.02. The van der Waals surface area contributed by atoms with Crippen LogP contribution in [-0.2, 0) is 16.1 Å². The van der Waals surface area contributed by atoms with Crippen LogP contribution in [0, 0.1) is 13.8 Å². The molecule has 3 amide bonds. The predicted molar refractivity (Wildman–Crippen MR) is 105 cm³/mol. The third kappa shape index (κ3) is 3.85. The lowest BCUT2D eigenvalue weighted by Gasteiger charge is -2.24. The fraction of sp³-hybridized carbons (Fsp3) is 0.667. The number of nitrogens with one attached hydrogen (secondary N) is 1. The number of imide groups is 1. The van der Waals surface area contributed by atoms with Gasteiger partial charge in [-0.15, -0.1) is 0 Å². The molecule has 1 saturated heterocycles. The molecular formula is C21H31N3O4. The lowest BCUT2D eigenvalue weighted by atomic mass is 9.90. The van der Waals surface area contributed by atoms with Crippen molar-refractivity contribution in [2.45, 2.75) is 70.9 Å². The van der Waals surface area contributed by atoms with Gasteiger partial charge in [0, 0.05) is 37.2 Å². The summed E-state index contributed by atoms with van der Waals surface area (Å²) in [6.45, 7) is 5.10. The number of carbonyl (C=O) groups excluding carboxylic acids is 3. The van der Waals surface area contributed by atoms with Crippen molar-refractivity contribution in [1.82, 2.24) is 14.8 Å². The van der Waals surface area contributed by atoms with Crippen LogP contribution in [0.15, 0.2) is 6.07 Å². The van der Waals surface area contributed by atoms with E-state index in [1.54, 1.807) is 7.11 Å². The number of urea groups is 1. The van der Waals surface area contributed by atoms with Gasteiger partial charge in [0.05, 0.1) is 6.54 Å². The lowest BCUT2D eigenvalue weighted by molar-refractivity contribution is -0.131. The van der Waals surface area contributed by atoms with Crippen LogP contribution in [0.5, 0.6) is 0 Å². The number of ether oxygens (including phenoxy) is 1. The van der Waals surface area contributed by atoms with Crippen molar-refractivity contribution in [1.29, 1.82) is 0 Å². The zero-order valence-corrected chi connectivity index (χ0v) is 17.2. The van der Waals surface area contributed by atoms with E-state index in [9.17, 15) is 14.4 Å². The van der Waals surface area contributed by atoms with Gasteiger partial charge in [0.25, 0.3) is 5.91 Å². The molecule has 3 rings (SSSR count). The molecule has 1 aliphatic carbocycles. The molecule has 1 saturated carbocycles. The molecule has 0 bridgehead atoms. The Hall–Kier alpha value is -2.15. The first-order chi connectivity index (χ1) is 13.4. The Morgan fingerprint density at radius 2 is 1.86 bits per heavy atom. The average Bonchev–Trinajstić information content (AvgIpc) is 2.95. The summed E-state index contributed by atoms with van der Waals surface area (Å²) in [5.41, 5.74) is 1.65. The second-order valence-corrected chi connectivity index (χ2v) is 8.02. The van der Waals surface area contributed by atoms with E-state index in [1.165, 1.54) is 0 Å². The molecule has 2 fully saturated rings. The monoisotopic (exact) mass is 389 g/mol. The van der Waals surface area contributed by atoms with Crippen molar-refractivity contribution < 1.29 is 19.1 Å². The highest BCUT2D eigenvalue weighted by Gasteiger charge is 2.51. The highest BCUT2D eigenvalue weighted by Crippen LogP contribution is 2.33. The second kappa shape index (κ2) is 8.47. The van der Waals surface area contributed by atoms with Crippen LogP contribution in [0.2, 0.25) is 0 Å². The zero-order valence-electron chi connectivity index (χ0n) is 17.2. The van der Waals surface area contributed by atoms with Gasteiger partial charge in [-0.2, -0.15) is 0 Å². The van der Waals surface area contributed by atoms with E-state index < -0.39 is 11.6 Å². The van der Waals surface area contributed by atoms with Crippen molar-refractivity contribution in [3.8, 4) is 0 Å². The zero-order chi connectivity index (χ0) is 20.3. The highest BCUT2D eigenvalue weighted by molar-refractivity contribution is 6.11. The number of ketones is 1. The number of amides is 3. The van der Waals surface area contributed by atoms with Gasteiger partial charge in [-0.1, -0.05) is 25.7 Å². The van der Waals surface area contributed by atoms with E-state index in [-0.39, 0.29) is 18.2 Å². The van der Waals surface area contributed by atoms with Crippen LogP contribution in [0.1, 0.15) is 66.7 Å². The first-order valence-corrected chi connectivity index (χ1v) is 10.2. The molecule has 0 aromatic carbocycles. The van der Waals surface area contributed by atoms with Gasteiger partial charge in [0.15, 0.2) is 5.78 Å². The fourth-order valence-corrected chi connectivity index (χ4v) is 4.51. The topological polar surface area (TPSA) is 80.6 Å². The van der Waals surface area contributed by atoms with Crippen LogP contribution in [-0.4, -0.2) is 53.0 Å². The Balaban J connectivity index is 1.73. The highest BCUT2D eigenvalue weighted by atomic mass is 16.5. The van der Waals surface area contributed by atoms with Gasteiger partial charge in [-0.05, 0) is 39.2 Å². The fourth-order valence-electron chi connectivity index (χ4n) is 4.51. The molecule has 1 aliphatic heterocycles. The molecule has 2 aliphatic rings. The maximum Gasteiger partial charge on any atom is 0.325 e. The molecule has 154 valence electrons. The molecule has 0 unspecified atom stereocenters. The summed E-state index contributed by atoms with van der Waals surface area (Å²) >= 11 is 0. The maximum absolute atomic E-state index is 13.0. The van der Waals surface area contributed by atoms with Gasteiger partial charge in [0.2, 0.25) is 0 Å². The third-order valence-electron chi connectivity index (χ3n) is 6.11. The molecule has 1 N–H and O–H groups in total. The summed E-state index contributed by atoms with van der Waals surface area (Å²) in [6.07, 6.45) is 6.20. The Morgan fingerprint density at radius 1 is 1.18 bits per heavy atom. The number of Topliss-reactive ketones (excluding diaryl/α,β-unsaturated/α-hetero) is 1. The van der Waals surface area contributed by atoms with E-state index in [1.807, 2.05) is 19.9 Å². The van der Waals surface area contributed by atoms with E-state index in [2.05, 4.69) is 9.88 Å². The molecule has 0 atom stereocenters. The standard InChI is InChI=1S/C21H31N3O4/c1-15-13-17(16(2)23(15)11-8-12-28-3)18(25)14-24-19(26)21(22-20(24)27)9-6-4-5-7-10-21/h13H,4-12,14H2,1-3H3,(H,22,27). The molecule has 1 spiro atoms. The van der Waals surface area contributed by atoms with E-state index in [0.29, 0.717) is 25.0 Å². The molecule has 2 heterocycles. The van der Waals surface area contributed by atoms with Gasteiger partial charge in [0.1, 0.15) is 5.54 Å². The van der Waals surface area contributed by atoms with Crippen LogP contribution in [0.3, 0.4) is 0 Å². The molecular weight excluding hydrogens is 358 g/mol. The van der Waals surface area contributed by atoms with Crippen molar-refractivity contribution >= 4 is 17.7 Å². The van der Waals surface area contributed by atoms with Gasteiger partial charge in [-0.25, -0.2) is 4.79 Å². The van der Waals surface area contributed by atoms with Crippen molar-refractivity contribution in [2.75, 3.05) is 20.3 Å². The SMILES string of the molecule is COCCCn1c(C)cc(C(=O)CN2C(=O)NC3(CCCCCC3)C2=O)c1C. The van der Waals surface area contributed by atoms with Crippen LogP contribution in [0.4, 0.5) is 4.79 Å². The largest absolute Gasteiger partial charge is 0.385 e. The number of hydrogen-bond donors (Lipinski definition) is 1. The quantitative estimate of drug-likeness (QED) is 0.442. The Labute approximate surface area is 166 Å². The van der Waals surface area contributed by atoms with E-state index >= 15 is 0 Å². The first-order valence-electron chi connectivity index (χ1n) is 10.2. The van der Waals surface area contributed by atoms with Crippen molar-refractivity contribution in [3.63, 3.8) is 0 Å². The molecule has 7 nitrogen and oxygen atoms in total. The number of nitrogens with zero attached hydrogens (tertiary/aromatic N) is 2. The predicted octanol–water partition coefficient (Wildman–Crippen LogP) is 2.97. The van der Waals surface area contributed by atoms with Crippen molar-refractivity contribution in [3.05, 3.63) is 23.0 Å². The molecule has 1 aromatic heterocycles. The maximum atomic E-state index is 13.0. The number of methoxy groups -OCH3 is 1. The van der Waals surface area contributed by atoms with Crippen LogP contribution >= 0.6 is 0 Å². The first kappa shape index (κ1) is 20.6. The summed E-state index contributed by atoms with van der Waals surface area (Å²) < 4.78 is 7.19. The van der Waals surface area contributed by atoms with Gasteiger partial charge < -0.3 is 14.6 Å². The Kier molecular flexibility index (Phi) is 6.23. The summed E-state index contributed by atoms with van der Waals surface area (Å²) in [5, 5.41) is 2.90. The van der Waals surface area contributed by atoms with Gasteiger partial charge in [-0.3, -0.25) is 14.5 Å². The summed E-state index contributed by atoms with van der Waals surface area (Å²) in [4.78, 5) is 39.6. The minimum absolute atomic E-state index is 0.194. The molecule has 7 heteroatoms. The lowest BCUT2D eigenvalue weighted by Crippen LogP contribution is -2.46. The number of carbonyl (C=O) groups is 3. The molecule has 0 radical (unpaired) electrons. The normalized spacial score (nSPS) is 19.2. The molecule has 28 heavy (non-hydrogen) atoms. The smallest absolute Gasteiger partial charge is 0.325 e. The number of aryl methyl sites for hydroxylation is 1. The number of aromatic nitrogens is 1. The summed E-state index contributed by atoms with van der Waals surface area (Å²) in [6, 6.07) is 1.42. The summed E-state index contributed by atoms with van der Waals surface area (Å²) in [7, 11) is 1.67. The minimum atomic E-state index is -0.801. The Morgan fingerprint density at radius 3 is 2.50 bits per heavy atom. The third-order valence-corrected chi connectivity index (χ3v) is 6.11.